The van der Waals surface area contributed by atoms with Crippen LogP contribution >= 0.6 is 0 Å². The Hall–Kier alpha value is -0.900. The van der Waals surface area contributed by atoms with Gasteiger partial charge in [0.25, 0.3) is 0 Å². The average Bonchev–Trinajstić information content (AvgIpc) is 2.89. The lowest BCUT2D eigenvalue weighted by molar-refractivity contribution is 0.0287. The zero-order valence-corrected chi connectivity index (χ0v) is 10.9. The van der Waals surface area contributed by atoms with E-state index in [4.69, 9.17) is 5.11 Å². The number of aliphatic hydroxyl groups is 1. The van der Waals surface area contributed by atoms with Crippen molar-refractivity contribution in [3.05, 3.63) is 35.4 Å². The molecule has 2 aliphatic rings. The molecular formula is C15H22N2O. The summed E-state index contributed by atoms with van der Waals surface area (Å²) in [7, 11) is 0. The van der Waals surface area contributed by atoms with Gasteiger partial charge in [-0.05, 0) is 36.9 Å². The lowest BCUT2D eigenvalue weighted by atomic mass is 10.1. The molecule has 1 unspecified atom stereocenters. The molecule has 3 nitrogen and oxygen atoms in total. The van der Waals surface area contributed by atoms with Crippen molar-refractivity contribution in [3.63, 3.8) is 0 Å². The molecule has 1 aromatic rings. The first kappa shape index (κ1) is 12.2. The quantitative estimate of drug-likeness (QED) is 0.881. The highest BCUT2D eigenvalue weighted by Gasteiger charge is 2.32. The number of nitrogens with zero attached hydrogens (tertiary/aromatic N) is 2. The molecule has 2 aliphatic heterocycles. The van der Waals surface area contributed by atoms with Crippen LogP contribution in [0.5, 0.6) is 0 Å². The zero-order valence-electron chi connectivity index (χ0n) is 10.9. The van der Waals surface area contributed by atoms with Crippen LogP contribution in [0.15, 0.2) is 24.3 Å². The predicted molar refractivity (Wildman–Crippen MR) is 72.0 cm³/mol. The summed E-state index contributed by atoms with van der Waals surface area (Å²) in [6.07, 6.45) is 4.65. The smallest absolute Gasteiger partial charge is 0.0681 e. The molecule has 0 bridgehead atoms. The number of benzene rings is 1. The molecule has 18 heavy (non-hydrogen) atoms. The van der Waals surface area contributed by atoms with Crippen LogP contribution in [0.4, 0.5) is 0 Å². The van der Waals surface area contributed by atoms with E-state index in [1.165, 1.54) is 44.5 Å². The molecule has 2 fully saturated rings. The summed E-state index contributed by atoms with van der Waals surface area (Å²) in [5, 5.41) is 9.06. The Morgan fingerprint density at radius 3 is 2.50 bits per heavy atom. The zero-order chi connectivity index (χ0) is 12.4. The fourth-order valence-electron chi connectivity index (χ4n) is 3.28. The van der Waals surface area contributed by atoms with Crippen LogP contribution in [-0.4, -0.2) is 40.7 Å². The second-order valence-electron chi connectivity index (χ2n) is 5.46. The summed E-state index contributed by atoms with van der Waals surface area (Å²) in [6, 6.07) is 8.37. The van der Waals surface area contributed by atoms with E-state index in [-0.39, 0.29) is 6.61 Å². The minimum absolute atomic E-state index is 0.139. The van der Waals surface area contributed by atoms with Gasteiger partial charge in [0.1, 0.15) is 0 Å². The summed E-state index contributed by atoms with van der Waals surface area (Å²) in [5.41, 5.74) is 2.36. The number of rotatable bonds is 3. The standard InChI is InChI=1S/C15H22N2O/c18-12-14-6-4-13(5-7-14)11-17-10-2-9-16-8-1-3-15(16)17/h4-7,15,18H,1-3,8-12H2. The lowest BCUT2D eigenvalue weighted by Gasteiger charge is -2.40. The van der Waals surface area contributed by atoms with E-state index in [0.29, 0.717) is 6.17 Å². The van der Waals surface area contributed by atoms with Crippen molar-refractivity contribution < 1.29 is 5.11 Å². The van der Waals surface area contributed by atoms with E-state index in [2.05, 4.69) is 21.9 Å². The maximum absolute atomic E-state index is 9.06. The van der Waals surface area contributed by atoms with Gasteiger partial charge < -0.3 is 5.11 Å². The Morgan fingerprint density at radius 1 is 1.00 bits per heavy atom. The second-order valence-corrected chi connectivity index (χ2v) is 5.46. The third-order valence-electron chi connectivity index (χ3n) is 4.23. The van der Waals surface area contributed by atoms with Gasteiger partial charge in [-0.25, -0.2) is 0 Å². The summed E-state index contributed by atoms with van der Waals surface area (Å²) < 4.78 is 0. The van der Waals surface area contributed by atoms with Crippen molar-refractivity contribution in [1.29, 1.82) is 0 Å². The molecule has 2 heterocycles. The molecule has 1 atom stereocenters. The van der Waals surface area contributed by atoms with Crippen LogP contribution in [0.25, 0.3) is 0 Å². The minimum Gasteiger partial charge on any atom is -0.392 e. The molecule has 3 rings (SSSR count). The second kappa shape index (κ2) is 5.39. The van der Waals surface area contributed by atoms with Crippen molar-refractivity contribution in [2.75, 3.05) is 19.6 Å². The first-order chi connectivity index (χ1) is 8.86. The minimum atomic E-state index is 0.139. The van der Waals surface area contributed by atoms with Gasteiger partial charge in [-0.1, -0.05) is 24.3 Å². The topological polar surface area (TPSA) is 26.7 Å². The van der Waals surface area contributed by atoms with Crippen LogP contribution < -0.4 is 0 Å². The number of fused-ring (bicyclic) bond motifs is 1. The largest absolute Gasteiger partial charge is 0.392 e. The van der Waals surface area contributed by atoms with Gasteiger partial charge in [-0.15, -0.1) is 0 Å². The third kappa shape index (κ3) is 2.44. The van der Waals surface area contributed by atoms with Gasteiger partial charge in [-0.2, -0.15) is 0 Å². The summed E-state index contributed by atoms with van der Waals surface area (Å²) in [6.45, 7) is 4.98. The molecule has 0 aromatic heterocycles. The molecule has 0 spiro atoms. The van der Waals surface area contributed by atoms with Gasteiger partial charge >= 0.3 is 0 Å². The van der Waals surface area contributed by atoms with Crippen LogP contribution in [-0.2, 0) is 13.2 Å². The Bertz CT molecular complexity index is 390. The first-order valence-corrected chi connectivity index (χ1v) is 7.03. The highest BCUT2D eigenvalue weighted by Crippen LogP contribution is 2.26. The Morgan fingerprint density at radius 2 is 1.72 bits per heavy atom. The van der Waals surface area contributed by atoms with Crippen molar-refractivity contribution in [2.45, 2.75) is 38.6 Å². The molecule has 3 heteroatoms. The normalized spacial score (nSPS) is 25.3. The third-order valence-corrected chi connectivity index (χ3v) is 4.23. The summed E-state index contributed by atoms with van der Waals surface area (Å²) in [5.74, 6) is 0. The van der Waals surface area contributed by atoms with E-state index in [1.807, 2.05) is 12.1 Å². The highest BCUT2D eigenvalue weighted by molar-refractivity contribution is 5.22. The SMILES string of the molecule is OCc1ccc(CN2CCCN3CCCC32)cc1. The highest BCUT2D eigenvalue weighted by atomic mass is 16.3. The molecule has 1 N–H and O–H groups in total. The average molecular weight is 246 g/mol. The molecule has 2 saturated heterocycles. The van der Waals surface area contributed by atoms with E-state index in [9.17, 15) is 0 Å². The maximum Gasteiger partial charge on any atom is 0.0681 e. The van der Waals surface area contributed by atoms with Crippen LogP contribution in [0, 0.1) is 0 Å². The van der Waals surface area contributed by atoms with Crippen molar-refractivity contribution >= 4 is 0 Å². The molecule has 98 valence electrons. The molecule has 0 radical (unpaired) electrons. The molecule has 0 saturated carbocycles. The van der Waals surface area contributed by atoms with Crippen LogP contribution in [0.3, 0.4) is 0 Å². The van der Waals surface area contributed by atoms with Crippen LogP contribution in [0.1, 0.15) is 30.4 Å². The summed E-state index contributed by atoms with van der Waals surface area (Å²) >= 11 is 0. The van der Waals surface area contributed by atoms with E-state index in [0.717, 1.165) is 12.1 Å². The predicted octanol–water partition coefficient (Wildman–Crippen LogP) is 1.81. The molecule has 0 aliphatic carbocycles. The fraction of sp³-hybridized carbons (Fsp3) is 0.600. The number of hydrogen-bond donors (Lipinski definition) is 1. The van der Waals surface area contributed by atoms with Gasteiger partial charge in [0.15, 0.2) is 0 Å². The van der Waals surface area contributed by atoms with E-state index in [1.54, 1.807) is 0 Å². The van der Waals surface area contributed by atoms with Gasteiger partial charge in [0.2, 0.25) is 0 Å². The Labute approximate surface area is 109 Å². The Kier molecular flexibility index (Phi) is 3.64. The maximum atomic E-state index is 9.06. The monoisotopic (exact) mass is 246 g/mol. The number of aliphatic hydroxyl groups excluding tert-OH is 1. The van der Waals surface area contributed by atoms with Gasteiger partial charge in [0.05, 0.1) is 12.8 Å². The first-order valence-electron chi connectivity index (χ1n) is 7.03. The molecular weight excluding hydrogens is 224 g/mol. The molecule has 1 aromatic carbocycles. The van der Waals surface area contributed by atoms with E-state index >= 15 is 0 Å². The number of hydrogen-bond acceptors (Lipinski definition) is 3. The van der Waals surface area contributed by atoms with Gasteiger partial charge in [-0.3, -0.25) is 9.80 Å². The van der Waals surface area contributed by atoms with E-state index < -0.39 is 0 Å². The summed E-state index contributed by atoms with van der Waals surface area (Å²) in [4.78, 5) is 5.25. The van der Waals surface area contributed by atoms with Crippen molar-refractivity contribution in [1.82, 2.24) is 9.80 Å². The van der Waals surface area contributed by atoms with Crippen LogP contribution in [0.2, 0.25) is 0 Å². The fourth-order valence-corrected chi connectivity index (χ4v) is 3.28. The van der Waals surface area contributed by atoms with Crippen molar-refractivity contribution in [2.24, 2.45) is 0 Å². The van der Waals surface area contributed by atoms with Crippen molar-refractivity contribution in [3.8, 4) is 0 Å². The lowest BCUT2D eigenvalue weighted by Crippen LogP contribution is -2.49. The van der Waals surface area contributed by atoms with Gasteiger partial charge in [0, 0.05) is 19.6 Å². The molecule has 0 amide bonds. The Balaban J connectivity index is 1.67.